The lowest BCUT2D eigenvalue weighted by Gasteiger charge is -2.15. The molecule has 4 rings (SSSR count). The highest BCUT2D eigenvalue weighted by atomic mass is 32.2. The number of carbonyl (C=O) groups is 1. The van der Waals surface area contributed by atoms with E-state index in [1.54, 1.807) is 35.0 Å². The van der Waals surface area contributed by atoms with Gasteiger partial charge in [-0.3, -0.25) is 4.79 Å². The second-order valence-corrected chi connectivity index (χ2v) is 7.17. The minimum atomic E-state index is -3.92. The van der Waals surface area contributed by atoms with Crippen LogP contribution in [0.1, 0.15) is 16.1 Å². The van der Waals surface area contributed by atoms with Gasteiger partial charge in [0.25, 0.3) is 15.9 Å². The fraction of sp³-hybridized carbons (Fsp3) is 0.125. The van der Waals surface area contributed by atoms with Gasteiger partial charge in [0.1, 0.15) is 16.2 Å². The SMILES string of the molecule is COc1cccc2c1C(=O)N(Cc1cccc3ccnn13)S2(=O)=O. The van der Waals surface area contributed by atoms with Crippen molar-refractivity contribution in [2.75, 3.05) is 7.11 Å². The van der Waals surface area contributed by atoms with Gasteiger partial charge in [0.05, 0.1) is 24.9 Å². The van der Waals surface area contributed by atoms with Crippen molar-refractivity contribution in [3.05, 3.63) is 59.9 Å². The molecule has 7 nitrogen and oxygen atoms in total. The Balaban J connectivity index is 1.83. The first-order chi connectivity index (χ1) is 11.5. The maximum atomic E-state index is 12.8. The number of benzene rings is 1. The van der Waals surface area contributed by atoms with Gasteiger partial charge in [-0.2, -0.15) is 5.10 Å². The summed E-state index contributed by atoms with van der Waals surface area (Å²) in [6, 6.07) is 11.7. The standard InChI is InChI=1S/C16H13N3O4S/c1-23-13-6-3-7-14-15(13)16(20)18(24(14,21)22)10-12-5-2-4-11-8-9-17-19(11)12/h2-9H,10H2,1H3. The van der Waals surface area contributed by atoms with Crippen LogP contribution in [0.4, 0.5) is 0 Å². The Bertz CT molecular complexity index is 1070. The summed E-state index contributed by atoms with van der Waals surface area (Å²) in [5, 5.41) is 4.18. The monoisotopic (exact) mass is 343 g/mol. The molecule has 0 fully saturated rings. The number of hydrogen-bond acceptors (Lipinski definition) is 5. The van der Waals surface area contributed by atoms with Gasteiger partial charge in [-0.25, -0.2) is 17.2 Å². The lowest BCUT2D eigenvalue weighted by molar-refractivity contribution is 0.0860. The zero-order valence-corrected chi connectivity index (χ0v) is 13.5. The van der Waals surface area contributed by atoms with Crippen molar-refractivity contribution in [2.24, 2.45) is 0 Å². The molecule has 122 valence electrons. The number of amides is 1. The predicted molar refractivity (Wildman–Crippen MR) is 85.2 cm³/mol. The van der Waals surface area contributed by atoms with E-state index in [1.807, 2.05) is 12.1 Å². The van der Waals surface area contributed by atoms with Crippen LogP contribution in [-0.2, 0) is 16.6 Å². The van der Waals surface area contributed by atoms with Crippen LogP contribution in [0.15, 0.2) is 53.6 Å². The molecule has 0 atom stereocenters. The zero-order chi connectivity index (χ0) is 16.9. The number of hydrogen-bond donors (Lipinski definition) is 0. The normalized spacial score (nSPS) is 15.7. The van der Waals surface area contributed by atoms with Gasteiger partial charge in [0.15, 0.2) is 0 Å². The molecule has 0 unspecified atom stereocenters. The summed E-state index contributed by atoms with van der Waals surface area (Å²) in [6.45, 7) is -0.0992. The summed E-state index contributed by atoms with van der Waals surface area (Å²) >= 11 is 0. The van der Waals surface area contributed by atoms with E-state index in [-0.39, 0.29) is 22.8 Å². The van der Waals surface area contributed by atoms with E-state index in [0.717, 1.165) is 9.82 Å². The van der Waals surface area contributed by atoms with Crippen LogP contribution >= 0.6 is 0 Å². The molecule has 0 bridgehead atoms. The molecule has 0 saturated carbocycles. The third-order valence-corrected chi connectivity index (χ3v) is 5.79. The molecule has 8 heteroatoms. The van der Waals surface area contributed by atoms with Crippen molar-refractivity contribution in [3.8, 4) is 5.75 Å². The van der Waals surface area contributed by atoms with E-state index in [0.29, 0.717) is 5.69 Å². The molecule has 1 aliphatic rings. The van der Waals surface area contributed by atoms with Gasteiger partial charge in [-0.1, -0.05) is 12.1 Å². The number of ether oxygens (including phenoxy) is 1. The largest absolute Gasteiger partial charge is 0.496 e. The first-order valence-corrected chi connectivity index (χ1v) is 8.64. The lowest BCUT2D eigenvalue weighted by atomic mass is 10.2. The summed E-state index contributed by atoms with van der Waals surface area (Å²) in [6.07, 6.45) is 1.62. The van der Waals surface area contributed by atoms with Gasteiger partial charge in [0, 0.05) is 6.20 Å². The second kappa shape index (κ2) is 5.07. The number of rotatable bonds is 3. The van der Waals surface area contributed by atoms with Crippen molar-refractivity contribution in [1.29, 1.82) is 0 Å². The van der Waals surface area contributed by atoms with Crippen LogP contribution in [0.5, 0.6) is 5.75 Å². The molecular weight excluding hydrogens is 330 g/mol. The first kappa shape index (κ1) is 14.7. The Labute approximate surface area is 138 Å². The third kappa shape index (κ3) is 1.93. The molecule has 3 aromatic rings. The number of carbonyl (C=O) groups excluding carboxylic acids is 1. The lowest BCUT2D eigenvalue weighted by Crippen LogP contribution is -2.30. The van der Waals surface area contributed by atoms with Crippen molar-refractivity contribution >= 4 is 21.4 Å². The summed E-state index contributed by atoms with van der Waals surface area (Å²) < 4.78 is 33.1. The van der Waals surface area contributed by atoms with Gasteiger partial charge in [-0.05, 0) is 30.3 Å². The maximum absolute atomic E-state index is 12.8. The Kier molecular flexibility index (Phi) is 3.10. The smallest absolute Gasteiger partial charge is 0.273 e. The average Bonchev–Trinajstić information content (AvgIpc) is 3.13. The predicted octanol–water partition coefficient (Wildman–Crippen LogP) is 1.69. The van der Waals surface area contributed by atoms with E-state index in [1.165, 1.54) is 13.2 Å². The molecule has 2 aromatic heterocycles. The molecule has 1 aliphatic heterocycles. The quantitative estimate of drug-likeness (QED) is 0.723. The fourth-order valence-corrected chi connectivity index (χ4v) is 4.44. The van der Waals surface area contributed by atoms with Crippen LogP contribution in [-0.4, -0.2) is 35.4 Å². The number of sulfonamides is 1. The maximum Gasteiger partial charge on any atom is 0.273 e. The van der Waals surface area contributed by atoms with Crippen LogP contribution in [0.3, 0.4) is 0 Å². The zero-order valence-electron chi connectivity index (χ0n) is 12.7. The highest BCUT2D eigenvalue weighted by Crippen LogP contribution is 2.36. The van der Waals surface area contributed by atoms with E-state index in [4.69, 9.17) is 4.74 Å². The Morgan fingerprint density at radius 2 is 1.92 bits per heavy atom. The molecule has 24 heavy (non-hydrogen) atoms. The Morgan fingerprint density at radius 3 is 2.71 bits per heavy atom. The molecule has 0 saturated heterocycles. The average molecular weight is 343 g/mol. The highest BCUT2D eigenvalue weighted by molar-refractivity contribution is 7.90. The first-order valence-electron chi connectivity index (χ1n) is 7.20. The van der Waals surface area contributed by atoms with E-state index < -0.39 is 15.9 Å². The molecular formula is C16H13N3O4S. The number of methoxy groups -OCH3 is 1. The topological polar surface area (TPSA) is 81.0 Å². The van der Waals surface area contributed by atoms with Crippen molar-refractivity contribution in [2.45, 2.75) is 11.4 Å². The van der Waals surface area contributed by atoms with E-state index in [9.17, 15) is 13.2 Å². The molecule has 0 aliphatic carbocycles. The van der Waals surface area contributed by atoms with Crippen LogP contribution in [0.2, 0.25) is 0 Å². The molecule has 1 aromatic carbocycles. The van der Waals surface area contributed by atoms with E-state index >= 15 is 0 Å². The summed E-state index contributed by atoms with van der Waals surface area (Å²) in [4.78, 5) is 12.7. The molecule has 1 amide bonds. The van der Waals surface area contributed by atoms with Crippen LogP contribution in [0.25, 0.3) is 5.52 Å². The van der Waals surface area contributed by atoms with Gasteiger partial charge in [-0.15, -0.1) is 0 Å². The number of fused-ring (bicyclic) bond motifs is 2. The van der Waals surface area contributed by atoms with E-state index in [2.05, 4.69) is 5.10 Å². The van der Waals surface area contributed by atoms with Gasteiger partial charge >= 0.3 is 0 Å². The molecule has 0 N–H and O–H groups in total. The minimum absolute atomic E-state index is 0.0282. The fourth-order valence-electron chi connectivity index (χ4n) is 2.89. The third-order valence-electron chi connectivity index (χ3n) is 4.02. The summed E-state index contributed by atoms with van der Waals surface area (Å²) in [5.74, 6) is -0.340. The molecule has 3 heterocycles. The minimum Gasteiger partial charge on any atom is -0.496 e. The van der Waals surface area contributed by atoms with Crippen LogP contribution < -0.4 is 4.74 Å². The van der Waals surface area contributed by atoms with Gasteiger partial charge < -0.3 is 4.74 Å². The molecule has 0 radical (unpaired) electrons. The second-order valence-electron chi connectivity index (χ2n) is 5.34. The number of pyridine rings is 1. The Morgan fingerprint density at radius 1 is 1.12 bits per heavy atom. The van der Waals surface area contributed by atoms with Crippen LogP contribution in [0, 0.1) is 0 Å². The van der Waals surface area contributed by atoms with Crippen molar-refractivity contribution in [1.82, 2.24) is 13.9 Å². The molecule has 0 spiro atoms. The Hall–Kier alpha value is -2.87. The van der Waals surface area contributed by atoms with Crippen molar-refractivity contribution in [3.63, 3.8) is 0 Å². The van der Waals surface area contributed by atoms with Gasteiger partial charge in [0.2, 0.25) is 0 Å². The van der Waals surface area contributed by atoms with Crippen molar-refractivity contribution < 1.29 is 17.9 Å². The summed E-state index contributed by atoms with van der Waals surface area (Å²) in [7, 11) is -2.51. The summed E-state index contributed by atoms with van der Waals surface area (Å²) in [5.41, 5.74) is 1.50. The number of aromatic nitrogens is 2. The highest BCUT2D eigenvalue weighted by Gasteiger charge is 2.43. The number of nitrogens with zero attached hydrogens (tertiary/aromatic N) is 3.